The van der Waals surface area contributed by atoms with E-state index in [9.17, 15) is 14.4 Å². The molecule has 2 aliphatic carbocycles. The maximum absolute atomic E-state index is 11.4. The lowest BCUT2D eigenvalue weighted by atomic mass is 10.0. The zero-order valence-electron chi connectivity index (χ0n) is 15.8. The molecular weight excluding hydrogens is 370 g/mol. The van der Waals surface area contributed by atoms with Gasteiger partial charge in [0.25, 0.3) is 17.6 Å². The highest BCUT2D eigenvalue weighted by Crippen LogP contribution is 2.31. The number of ketones is 1. The number of nitrogens with one attached hydrogen (secondary N) is 2. The highest BCUT2D eigenvalue weighted by Gasteiger charge is 2.29. The molecule has 0 unspecified atom stereocenters. The topological polar surface area (TPSA) is 108 Å². The Morgan fingerprint density at radius 1 is 0.966 bits per heavy atom. The van der Waals surface area contributed by atoms with Gasteiger partial charge >= 0.3 is 0 Å². The average Bonchev–Trinajstić information content (AvgIpc) is 3.40. The van der Waals surface area contributed by atoms with Gasteiger partial charge in [-0.3, -0.25) is 14.4 Å². The summed E-state index contributed by atoms with van der Waals surface area (Å²) < 4.78 is 0. The second-order valence-electron chi connectivity index (χ2n) is 7.37. The van der Waals surface area contributed by atoms with E-state index in [4.69, 9.17) is 5.21 Å². The predicted octanol–water partition coefficient (Wildman–Crippen LogP) is 2.88. The Morgan fingerprint density at radius 3 is 2.34 bits per heavy atom. The molecule has 2 amide bonds. The third-order valence-electron chi connectivity index (χ3n) is 5.47. The Hall–Kier alpha value is -3.48. The van der Waals surface area contributed by atoms with Gasteiger partial charge in [-0.05, 0) is 85.0 Å². The van der Waals surface area contributed by atoms with E-state index in [1.807, 2.05) is 30.3 Å². The van der Waals surface area contributed by atoms with Gasteiger partial charge in [0.15, 0.2) is 0 Å². The van der Waals surface area contributed by atoms with Crippen LogP contribution in [-0.2, 0) is 35.3 Å². The van der Waals surface area contributed by atoms with E-state index in [-0.39, 0.29) is 0 Å². The zero-order valence-corrected chi connectivity index (χ0v) is 15.8. The van der Waals surface area contributed by atoms with Crippen LogP contribution in [0.2, 0.25) is 0 Å². The molecule has 0 saturated carbocycles. The summed E-state index contributed by atoms with van der Waals surface area (Å²) in [5.74, 6) is -1.31. The van der Waals surface area contributed by atoms with E-state index < -0.39 is 17.6 Å². The second kappa shape index (κ2) is 7.87. The number of anilines is 2. The summed E-state index contributed by atoms with van der Waals surface area (Å²) in [6.45, 7) is 0. The molecule has 0 aromatic heterocycles. The van der Waals surface area contributed by atoms with Gasteiger partial charge in [-0.25, -0.2) is 0 Å². The minimum Gasteiger partial charge on any atom is -0.411 e. The molecule has 7 nitrogen and oxygen atoms in total. The Balaban J connectivity index is 0.000000141. The summed E-state index contributed by atoms with van der Waals surface area (Å²) in [5, 5.41) is 16.1. The van der Waals surface area contributed by atoms with Crippen LogP contribution < -0.4 is 10.6 Å². The van der Waals surface area contributed by atoms with Gasteiger partial charge < -0.3 is 15.8 Å². The number of carbonyl (C=O) groups excluding carboxylic acids is 3. The first kappa shape index (κ1) is 18.9. The lowest BCUT2D eigenvalue weighted by molar-refractivity contribution is -0.112. The number of Topliss-reactive ketones (excluding diaryl/α,β-unsaturated/α-hetero) is 1. The van der Waals surface area contributed by atoms with Gasteiger partial charge in [0.2, 0.25) is 0 Å². The standard InChI is InChI=1S/C11H12N2O2.C11H9NO2/c14-11(7-12-15)13-10-5-4-8-2-1-3-9(8)6-10;13-10-8-4-6-2-1-3-7(6)5-9(8)12-11(10)14/h4-7,15H,1-3H2,(H,13,14);4-5H,1-3H2,(H,12,13,14). The number of hydrogen-bond donors (Lipinski definition) is 3. The van der Waals surface area contributed by atoms with E-state index in [1.165, 1.54) is 28.7 Å². The second-order valence-corrected chi connectivity index (χ2v) is 7.37. The zero-order chi connectivity index (χ0) is 20.4. The smallest absolute Gasteiger partial charge is 0.296 e. The van der Waals surface area contributed by atoms with Gasteiger partial charge in [0.05, 0.1) is 11.3 Å². The molecule has 5 rings (SSSR count). The third-order valence-corrected chi connectivity index (χ3v) is 5.47. The fourth-order valence-corrected chi connectivity index (χ4v) is 4.09. The minimum absolute atomic E-state index is 0.394. The maximum Gasteiger partial charge on any atom is 0.296 e. The number of oxime groups is 1. The van der Waals surface area contributed by atoms with Crippen molar-refractivity contribution in [2.45, 2.75) is 38.5 Å². The normalized spacial score (nSPS) is 16.0. The molecule has 2 aromatic carbocycles. The van der Waals surface area contributed by atoms with Crippen LogP contribution in [0.3, 0.4) is 0 Å². The summed E-state index contributed by atoms with van der Waals surface area (Å²) in [4.78, 5) is 33.6. The molecule has 0 spiro atoms. The van der Waals surface area contributed by atoms with E-state index in [2.05, 4.69) is 15.8 Å². The molecule has 0 saturated heterocycles. The number of benzene rings is 2. The fourth-order valence-electron chi connectivity index (χ4n) is 4.09. The summed E-state index contributed by atoms with van der Waals surface area (Å²) in [6, 6.07) is 9.70. The Kier molecular flexibility index (Phi) is 5.12. The van der Waals surface area contributed by atoms with Crippen LogP contribution in [0.1, 0.15) is 45.5 Å². The first-order chi connectivity index (χ1) is 14.0. The van der Waals surface area contributed by atoms with Gasteiger partial charge in [-0.15, -0.1) is 0 Å². The fraction of sp³-hybridized carbons (Fsp3) is 0.273. The lowest BCUT2D eigenvalue weighted by Crippen LogP contribution is -2.12. The number of hydrogen-bond acceptors (Lipinski definition) is 5. The van der Waals surface area contributed by atoms with Crippen LogP contribution in [0, 0.1) is 0 Å². The van der Waals surface area contributed by atoms with Gasteiger partial charge in [0.1, 0.15) is 6.21 Å². The van der Waals surface area contributed by atoms with Crippen molar-refractivity contribution in [3.8, 4) is 0 Å². The molecule has 1 aliphatic heterocycles. The number of fused-ring (bicyclic) bond motifs is 3. The molecule has 3 N–H and O–H groups in total. The van der Waals surface area contributed by atoms with Crippen molar-refractivity contribution >= 4 is 35.2 Å². The number of nitrogens with zero attached hydrogens (tertiary/aromatic N) is 1. The van der Waals surface area contributed by atoms with Gasteiger partial charge in [-0.2, -0.15) is 0 Å². The van der Waals surface area contributed by atoms with E-state index in [1.54, 1.807) is 0 Å². The van der Waals surface area contributed by atoms with Crippen molar-refractivity contribution in [3.05, 3.63) is 58.1 Å². The molecule has 0 atom stereocenters. The quantitative estimate of drug-likeness (QED) is 0.317. The van der Waals surface area contributed by atoms with Crippen LogP contribution >= 0.6 is 0 Å². The van der Waals surface area contributed by atoms with E-state index >= 15 is 0 Å². The first-order valence-corrected chi connectivity index (χ1v) is 9.67. The van der Waals surface area contributed by atoms with Crippen LogP contribution in [0.4, 0.5) is 11.4 Å². The van der Waals surface area contributed by atoms with E-state index in [0.29, 0.717) is 11.3 Å². The van der Waals surface area contributed by atoms with Crippen LogP contribution in [0.5, 0.6) is 0 Å². The molecule has 7 heteroatoms. The largest absolute Gasteiger partial charge is 0.411 e. The Labute approximate surface area is 167 Å². The lowest BCUT2D eigenvalue weighted by Gasteiger charge is -2.04. The van der Waals surface area contributed by atoms with Crippen LogP contribution in [0.25, 0.3) is 0 Å². The molecule has 0 fully saturated rings. The maximum atomic E-state index is 11.4. The molecule has 2 aromatic rings. The molecule has 0 bridgehead atoms. The molecular formula is C22H21N3O4. The highest BCUT2D eigenvalue weighted by atomic mass is 16.4. The summed E-state index contributed by atoms with van der Waals surface area (Å²) in [5.41, 5.74) is 7.17. The Bertz CT molecular complexity index is 1040. The van der Waals surface area contributed by atoms with Crippen molar-refractivity contribution in [1.82, 2.24) is 0 Å². The highest BCUT2D eigenvalue weighted by molar-refractivity contribution is 6.51. The van der Waals surface area contributed by atoms with Crippen LogP contribution in [-0.4, -0.2) is 29.0 Å². The summed E-state index contributed by atoms with van der Waals surface area (Å²) >= 11 is 0. The molecule has 29 heavy (non-hydrogen) atoms. The van der Waals surface area contributed by atoms with Crippen molar-refractivity contribution < 1.29 is 19.6 Å². The number of aryl methyl sites for hydroxylation is 4. The van der Waals surface area contributed by atoms with Gasteiger partial charge in [0, 0.05) is 5.69 Å². The van der Waals surface area contributed by atoms with E-state index in [0.717, 1.165) is 44.0 Å². The summed E-state index contributed by atoms with van der Waals surface area (Å²) in [7, 11) is 0. The van der Waals surface area contributed by atoms with Crippen molar-refractivity contribution in [3.63, 3.8) is 0 Å². The molecule has 148 valence electrons. The van der Waals surface area contributed by atoms with Crippen molar-refractivity contribution in [2.24, 2.45) is 5.16 Å². The Morgan fingerprint density at radius 2 is 1.62 bits per heavy atom. The number of carbonyl (C=O) groups is 3. The van der Waals surface area contributed by atoms with Crippen molar-refractivity contribution in [2.75, 3.05) is 10.6 Å². The first-order valence-electron chi connectivity index (χ1n) is 9.67. The molecule has 1 heterocycles. The number of rotatable bonds is 2. The third kappa shape index (κ3) is 3.89. The van der Waals surface area contributed by atoms with Gasteiger partial charge in [-0.1, -0.05) is 11.2 Å². The predicted molar refractivity (Wildman–Crippen MR) is 109 cm³/mol. The average molecular weight is 391 g/mol. The van der Waals surface area contributed by atoms with Crippen molar-refractivity contribution in [1.29, 1.82) is 0 Å². The monoisotopic (exact) mass is 391 g/mol. The summed E-state index contributed by atoms with van der Waals surface area (Å²) in [6.07, 6.45) is 7.48. The van der Waals surface area contributed by atoms with Crippen LogP contribution in [0.15, 0.2) is 35.5 Å². The molecule has 0 radical (unpaired) electrons. The minimum atomic E-state index is -0.497. The molecule has 3 aliphatic rings. The number of amides is 2. The SMILES string of the molecule is O=C(C=NO)Nc1ccc2c(c1)CCC2.O=C1Nc2cc3c(cc2C1=O)CCC3.